The Morgan fingerprint density at radius 2 is 1.36 bits per heavy atom. The van der Waals surface area contributed by atoms with Gasteiger partial charge in [-0.3, -0.25) is 0 Å². The average Bonchev–Trinajstić information content (AvgIpc) is 2.50. The number of hydrogen-bond acceptors (Lipinski definition) is 3. The Morgan fingerprint density at radius 3 is 1.80 bits per heavy atom. The number of nitrogens with zero attached hydrogens (tertiary/aromatic N) is 1. The molecule has 0 spiro atoms. The van der Waals surface area contributed by atoms with E-state index in [0.29, 0.717) is 6.07 Å². The zero-order valence-electron chi connectivity index (χ0n) is 12.6. The number of sulfonamides is 1. The Morgan fingerprint density at radius 1 is 0.880 bits per heavy atom. The maximum Gasteiger partial charge on any atom is 1.00 e. The van der Waals surface area contributed by atoms with E-state index >= 15 is 0 Å². The maximum atomic E-state index is 13.5. The number of benzene rings is 2. The standard InChI is InChI=1S/C13H6F6NO3S.K/c1-23-7-3-2-5(4-6(7)14)20-24(21,22)13-11(18)9(16)8(15)10(17)12(13)19;/h2-4H,1H3;/q-1;+1. The molecule has 12 heteroatoms. The zero-order chi connectivity index (χ0) is 18.2. The van der Waals surface area contributed by atoms with Crippen molar-refractivity contribution < 1.29 is 90.9 Å². The molecule has 0 aromatic heterocycles. The quantitative estimate of drug-likeness (QED) is 0.327. The molecule has 2 aromatic carbocycles. The second-order valence-corrected chi connectivity index (χ2v) is 5.83. The van der Waals surface area contributed by atoms with Crippen LogP contribution in [0.2, 0.25) is 0 Å². The normalized spacial score (nSPS) is 11.0. The fourth-order valence-electron chi connectivity index (χ4n) is 1.71. The summed E-state index contributed by atoms with van der Waals surface area (Å²) in [6, 6.07) is 2.41. The zero-order valence-corrected chi connectivity index (χ0v) is 16.5. The van der Waals surface area contributed by atoms with Crippen LogP contribution in [0.3, 0.4) is 0 Å². The van der Waals surface area contributed by atoms with Gasteiger partial charge in [-0.1, -0.05) is 6.07 Å². The van der Waals surface area contributed by atoms with Crippen LogP contribution in [0.25, 0.3) is 4.72 Å². The Hall–Kier alpha value is -0.794. The molecule has 0 bridgehead atoms. The van der Waals surface area contributed by atoms with E-state index in [1.165, 1.54) is 0 Å². The van der Waals surface area contributed by atoms with Crippen molar-refractivity contribution in [1.82, 2.24) is 0 Å². The van der Waals surface area contributed by atoms with Crippen LogP contribution in [0.4, 0.5) is 32.0 Å². The summed E-state index contributed by atoms with van der Waals surface area (Å²) in [4.78, 5) is -2.13. The van der Waals surface area contributed by atoms with E-state index in [-0.39, 0.29) is 57.1 Å². The van der Waals surface area contributed by atoms with E-state index in [4.69, 9.17) is 0 Å². The molecule has 2 aromatic rings. The first-order valence-electron chi connectivity index (χ1n) is 5.93. The maximum absolute atomic E-state index is 13.5. The van der Waals surface area contributed by atoms with E-state index in [9.17, 15) is 34.8 Å². The number of hydrogen-bond donors (Lipinski definition) is 0. The van der Waals surface area contributed by atoms with Gasteiger partial charge in [0.15, 0.2) is 34.8 Å². The first-order chi connectivity index (χ1) is 11.1. The molecule has 2 rings (SSSR count). The van der Waals surface area contributed by atoms with Crippen molar-refractivity contribution in [3.8, 4) is 5.75 Å². The Kier molecular flexibility index (Phi) is 7.36. The molecule has 0 unspecified atom stereocenters. The molecule has 0 saturated heterocycles. The van der Waals surface area contributed by atoms with Crippen LogP contribution in [-0.2, 0) is 10.0 Å². The molecule has 0 saturated carbocycles. The van der Waals surface area contributed by atoms with Gasteiger partial charge in [0.1, 0.15) is 14.9 Å². The van der Waals surface area contributed by atoms with Gasteiger partial charge >= 0.3 is 51.4 Å². The van der Waals surface area contributed by atoms with Gasteiger partial charge in [-0.25, -0.2) is 34.8 Å². The van der Waals surface area contributed by atoms with Crippen LogP contribution in [0, 0.1) is 34.9 Å². The van der Waals surface area contributed by atoms with Crippen molar-refractivity contribution in [2.24, 2.45) is 0 Å². The predicted molar refractivity (Wildman–Crippen MR) is 69.4 cm³/mol. The fourth-order valence-corrected chi connectivity index (χ4v) is 2.82. The molecule has 0 radical (unpaired) electrons. The molecule has 0 amide bonds. The largest absolute Gasteiger partial charge is 1.00 e. The minimum atomic E-state index is -5.35. The molecule has 0 atom stereocenters. The van der Waals surface area contributed by atoms with Crippen molar-refractivity contribution in [2.75, 3.05) is 7.11 Å². The van der Waals surface area contributed by atoms with Gasteiger partial charge in [0, 0.05) is 0 Å². The fraction of sp³-hybridized carbons (Fsp3) is 0.0769. The van der Waals surface area contributed by atoms with E-state index in [1.54, 1.807) is 0 Å². The van der Waals surface area contributed by atoms with E-state index in [1.807, 2.05) is 0 Å². The van der Waals surface area contributed by atoms with E-state index < -0.39 is 55.5 Å². The summed E-state index contributed by atoms with van der Waals surface area (Å²) in [5.74, 6) is -13.9. The van der Waals surface area contributed by atoms with Crippen LogP contribution in [-0.4, -0.2) is 15.5 Å². The predicted octanol–water partition coefficient (Wildman–Crippen LogP) is 0.928. The van der Waals surface area contributed by atoms with Gasteiger partial charge < -0.3 is 9.46 Å². The van der Waals surface area contributed by atoms with Crippen molar-refractivity contribution in [3.05, 3.63) is 57.8 Å². The minimum absolute atomic E-state index is 0. The summed E-state index contributed by atoms with van der Waals surface area (Å²) in [7, 11) is -4.23. The van der Waals surface area contributed by atoms with Crippen LogP contribution in [0.15, 0.2) is 23.1 Å². The van der Waals surface area contributed by atoms with E-state index in [2.05, 4.69) is 9.46 Å². The van der Waals surface area contributed by atoms with Gasteiger partial charge in [-0.15, -0.1) is 5.69 Å². The molecule has 0 heterocycles. The van der Waals surface area contributed by atoms with Crippen LogP contribution >= 0.6 is 0 Å². The van der Waals surface area contributed by atoms with Crippen molar-refractivity contribution >= 4 is 15.7 Å². The van der Waals surface area contributed by atoms with Crippen molar-refractivity contribution in [3.63, 3.8) is 0 Å². The van der Waals surface area contributed by atoms with Crippen LogP contribution in [0.1, 0.15) is 0 Å². The number of halogens is 6. The molecule has 130 valence electrons. The molecule has 4 nitrogen and oxygen atoms in total. The Bertz CT molecular complexity index is 893. The van der Waals surface area contributed by atoms with Crippen molar-refractivity contribution in [2.45, 2.75) is 4.90 Å². The van der Waals surface area contributed by atoms with Gasteiger partial charge in [0.05, 0.1) is 7.11 Å². The smallest absolute Gasteiger partial charge is 0.572 e. The van der Waals surface area contributed by atoms with Crippen LogP contribution < -0.4 is 56.1 Å². The van der Waals surface area contributed by atoms with Gasteiger partial charge in [0.2, 0.25) is 5.82 Å². The van der Waals surface area contributed by atoms with Gasteiger partial charge in [0.25, 0.3) is 0 Å². The summed E-state index contributed by atoms with van der Waals surface area (Å²) in [5.41, 5.74) is -0.641. The average molecular weight is 409 g/mol. The molecule has 0 aliphatic carbocycles. The number of methoxy groups -OCH3 is 1. The molecule has 25 heavy (non-hydrogen) atoms. The third kappa shape index (κ3) is 4.31. The molecule has 0 aliphatic heterocycles. The molecule has 0 fully saturated rings. The summed E-state index contributed by atoms with van der Waals surface area (Å²) >= 11 is 0. The second-order valence-electron chi connectivity index (χ2n) is 4.28. The number of rotatable bonds is 4. The summed E-state index contributed by atoms with van der Waals surface area (Å²) in [6.45, 7) is 0. The third-order valence-electron chi connectivity index (χ3n) is 2.79. The third-order valence-corrected chi connectivity index (χ3v) is 4.11. The Labute approximate surface area is 180 Å². The molecule has 0 aliphatic rings. The van der Waals surface area contributed by atoms with E-state index in [0.717, 1.165) is 19.2 Å². The topological polar surface area (TPSA) is 57.5 Å². The van der Waals surface area contributed by atoms with Gasteiger partial charge in [-0.2, -0.15) is 0 Å². The first-order valence-corrected chi connectivity index (χ1v) is 7.37. The Balaban J connectivity index is 0.00000312. The minimum Gasteiger partial charge on any atom is -0.572 e. The SMILES string of the molecule is COc1ccc([N-]S(=O)(=O)c2c(F)c(F)c(F)c(F)c2F)cc1F.[K+]. The summed E-state index contributed by atoms with van der Waals surface area (Å²) in [5, 5.41) is 0. The molecular formula is C13H6F6KNO3S. The van der Waals surface area contributed by atoms with Crippen molar-refractivity contribution in [1.29, 1.82) is 0 Å². The molecule has 0 N–H and O–H groups in total. The molecular weight excluding hydrogens is 403 g/mol. The number of ether oxygens (including phenoxy) is 1. The first kappa shape index (κ1) is 22.2. The monoisotopic (exact) mass is 409 g/mol. The second kappa shape index (κ2) is 8.27. The summed E-state index contributed by atoms with van der Waals surface area (Å²) in [6.07, 6.45) is 0. The van der Waals surface area contributed by atoms with Crippen LogP contribution in [0.5, 0.6) is 5.75 Å². The summed E-state index contributed by atoms with van der Waals surface area (Å²) < 4.78 is 111. The van der Waals surface area contributed by atoms with Gasteiger partial charge in [-0.05, 0) is 12.1 Å².